The summed E-state index contributed by atoms with van der Waals surface area (Å²) in [5.74, 6) is -2.71. The van der Waals surface area contributed by atoms with E-state index in [1.54, 1.807) is 9.80 Å². The van der Waals surface area contributed by atoms with Crippen LogP contribution in [0, 0.1) is 29.6 Å². The zero-order valence-corrected chi connectivity index (χ0v) is 28.2. The Kier molecular flexibility index (Phi) is 12.2. The lowest BCUT2D eigenvalue weighted by atomic mass is 9.79. The molecule has 0 aromatic heterocycles. The minimum Gasteiger partial charge on any atom is -0.469 e. The van der Waals surface area contributed by atoms with E-state index in [-0.39, 0.29) is 100.0 Å². The first-order chi connectivity index (χ1) is 22.2. The first kappa shape index (κ1) is 36.1. The van der Waals surface area contributed by atoms with Crippen LogP contribution in [0.3, 0.4) is 0 Å². The molecule has 3 unspecified atom stereocenters. The fourth-order valence-electron chi connectivity index (χ4n) is 7.05. The lowest BCUT2D eigenvalue weighted by Crippen LogP contribution is -2.40. The zero-order chi connectivity index (χ0) is 34.3. The van der Waals surface area contributed by atoms with Crippen molar-refractivity contribution < 1.29 is 43.0 Å². The monoisotopic (exact) mass is 661 g/mol. The number of methoxy groups -OCH3 is 1. The fourth-order valence-corrected chi connectivity index (χ4v) is 7.05. The Bertz CT molecular complexity index is 1220. The van der Waals surface area contributed by atoms with Gasteiger partial charge in [0.1, 0.15) is 5.60 Å². The summed E-state index contributed by atoms with van der Waals surface area (Å²) in [6, 6.07) is 0. The van der Waals surface area contributed by atoms with Gasteiger partial charge in [-0.15, -0.1) is 0 Å². The van der Waals surface area contributed by atoms with Crippen molar-refractivity contribution in [1.29, 1.82) is 0 Å². The molecule has 0 aromatic carbocycles. The maximum absolute atomic E-state index is 12.9. The Morgan fingerprint density at radius 1 is 0.702 bits per heavy atom. The molecule has 1 aliphatic carbocycles. The molecule has 3 aliphatic heterocycles. The second-order valence-electron chi connectivity index (χ2n) is 14.4. The van der Waals surface area contributed by atoms with Gasteiger partial charge in [0, 0.05) is 71.6 Å². The lowest BCUT2D eigenvalue weighted by molar-refractivity contribution is -0.162. The molecule has 4 aliphatic rings. The number of nitrogens with zero attached hydrogens (tertiary/aromatic N) is 3. The number of hydrogen-bond acceptors (Lipinski definition) is 9. The molecule has 3 heterocycles. The summed E-state index contributed by atoms with van der Waals surface area (Å²) in [5, 5.41) is 5.63. The van der Waals surface area contributed by atoms with E-state index >= 15 is 0 Å². The number of hydrogen-bond donors (Lipinski definition) is 2. The SMILES string of the molecule is COC(=O)C1CC(=O)N(CCNC(=O)C2CC(=O)N(CCNC(=O)C3CC(=O)N(CC[C@H]4CCC[C@@H](C(=O)OC(C)(C)C)C4)C3)C2)C1. The van der Waals surface area contributed by atoms with Crippen LogP contribution in [0.4, 0.5) is 0 Å². The van der Waals surface area contributed by atoms with Crippen LogP contribution in [0.5, 0.6) is 0 Å². The largest absolute Gasteiger partial charge is 0.469 e. The van der Waals surface area contributed by atoms with E-state index in [0.29, 0.717) is 19.0 Å². The molecule has 0 spiro atoms. The number of nitrogens with one attached hydrogen (secondary N) is 2. The Morgan fingerprint density at radius 3 is 1.70 bits per heavy atom. The average molecular weight is 662 g/mol. The van der Waals surface area contributed by atoms with Crippen LogP contribution in [0.1, 0.15) is 72.1 Å². The summed E-state index contributed by atoms with van der Waals surface area (Å²) in [6.07, 6.45) is 4.66. The van der Waals surface area contributed by atoms with Gasteiger partial charge in [0.05, 0.1) is 30.8 Å². The lowest BCUT2D eigenvalue weighted by Gasteiger charge is -2.31. The second-order valence-corrected chi connectivity index (χ2v) is 14.4. The van der Waals surface area contributed by atoms with E-state index in [0.717, 1.165) is 32.1 Å². The molecule has 4 rings (SSSR count). The third kappa shape index (κ3) is 10.1. The van der Waals surface area contributed by atoms with Gasteiger partial charge in [-0.2, -0.15) is 0 Å². The van der Waals surface area contributed by atoms with Crippen molar-refractivity contribution in [2.75, 3.05) is 59.5 Å². The van der Waals surface area contributed by atoms with Crippen LogP contribution < -0.4 is 10.6 Å². The highest BCUT2D eigenvalue weighted by Gasteiger charge is 2.38. The molecule has 0 bridgehead atoms. The van der Waals surface area contributed by atoms with E-state index in [9.17, 15) is 33.6 Å². The minimum atomic E-state index is -0.528. The number of esters is 2. The van der Waals surface area contributed by atoms with Crippen LogP contribution in [-0.2, 0) is 43.0 Å². The van der Waals surface area contributed by atoms with Gasteiger partial charge in [0.25, 0.3) is 0 Å². The van der Waals surface area contributed by atoms with Crippen LogP contribution in [0.2, 0.25) is 0 Å². The van der Waals surface area contributed by atoms with Crippen molar-refractivity contribution in [2.45, 2.75) is 77.7 Å². The average Bonchev–Trinajstić information content (AvgIpc) is 3.71. The molecule has 47 heavy (non-hydrogen) atoms. The van der Waals surface area contributed by atoms with Gasteiger partial charge in [-0.1, -0.05) is 12.8 Å². The van der Waals surface area contributed by atoms with Crippen LogP contribution in [0.25, 0.3) is 0 Å². The third-order valence-corrected chi connectivity index (χ3v) is 9.61. The van der Waals surface area contributed by atoms with Crippen molar-refractivity contribution in [2.24, 2.45) is 29.6 Å². The summed E-state index contributed by atoms with van der Waals surface area (Å²) in [4.78, 5) is 92.0. The summed E-state index contributed by atoms with van der Waals surface area (Å²) in [6.45, 7) is 7.97. The summed E-state index contributed by atoms with van der Waals surface area (Å²) >= 11 is 0. The molecule has 1 saturated carbocycles. The maximum atomic E-state index is 12.9. The van der Waals surface area contributed by atoms with E-state index < -0.39 is 29.3 Å². The van der Waals surface area contributed by atoms with Crippen molar-refractivity contribution in [3.8, 4) is 0 Å². The predicted octanol–water partition coefficient (Wildman–Crippen LogP) is 0.476. The maximum Gasteiger partial charge on any atom is 0.310 e. The highest BCUT2D eigenvalue weighted by Crippen LogP contribution is 2.33. The molecule has 5 amide bonds. The first-order valence-corrected chi connectivity index (χ1v) is 16.9. The first-order valence-electron chi connectivity index (χ1n) is 16.9. The Hall–Kier alpha value is -3.71. The van der Waals surface area contributed by atoms with Gasteiger partial charge in [0.2, 0.25) is 29.5 Å². The summed E-state index contributed by atoms with van der Waals surface area (Å²) in [7, 11) is 1.28. The van der Waals surface area contributed by atoms with E-state index in [1.807, 2.05) is 20.8 Å². The second kappa shape index (κ2) is 15.9. The Labute approximate surface area is 276 Å². The molecule has 14 nitrogen and oxygen atoms in total. The van der Waals surface area contributed by atoms with Crippen molar-refractivity contribution in [1.82, 2.24) is 25.3 Å². The van der Waals surface area contributed by atoms with Gasteiger partial charge < -0.3 is 34.8 Å². The smallest absolute Gasteiger partial charge is 0.310 e. The third-order valence-electron chi connectivity index (χ3n) is 9.61. The van der Waals surface area contributed by atoms with E-state index in [4.69, 9.17) is 9.47 Å². The van der Waals surface area contributed by atoms with Crippen molar-refractivity contribution >= 4 is 41.5 Å². The highest BCUT2D eigenvalue weighted by molar-refractivity contribution is 5.90. The van der Waals surface area contributed by atoms with Gasteiger partial charge in [-0.25, -0.2) is 0 Å². The van der Waals surface area contributed by atoms with Crippen LogP contribution in [0.15, 0.2) is 0 Å². The highest BCUT2D eigenvalue weighted by atomic mass is 16.6. The normalized spacial score (nSPS) is 26.5. The molecule has 2 N–H and O–H groups in total. The Morgan fingerprint density at radius 2 is 1.19 bits per heavy atom. The molecular formula is C33H51N5O9. The number of rotatable bonds is 13. The standard InChI is InChI=1S/C33H51N5O9/c1-33(2,3)47-32(45)22-7-5-6-21(14-22)8-11-36-18-23(15-26(36)39)29(42)34-9-12-37-19-24(16-27(37)40)30(43)35-10-13-38-20-25(17-28(38)41)31(44)46-4/h21-25H,5-20H2,1-4H3,(H,34,42)(H,35,43)/t21-,22-,23?,24?,25?/m1/s1. The molecule has 4 fully saturated rings. The summed E-state index contributed by atoms with van der Waals surface area (Å²) < 4.78 is 10.3. The molecule has 3 saturated heterocycles. The van der Waals surface area contributed by atoms with Gasteiger partial charge in [0.15, 0.2) is 0 Å². The molecule has 0 radical (unpaired) electrons. The molecule has 0 aromatic rings. The molecule has 262 valence electrons. The topological polar surface area (TPSA) is 172 Å². The predicted molar refractivity (Wildman–Crippen MR) is 168 cm³/mol. The van der Waals surface area contributed by atoms with E-state index in [1.165, 1.54) is 12.0 Å². The van der Waals surface area contributed by atoms with Crippen LogP contribution in [-0.4, -0.2) is 121 Å². The quantitative estimate of drug-likeness (QED) is 0.266. The number of amides is 5. The summed E-state index contributed by atoms with van der Waals surface area (Å²) in [5.41, 5.74) is -0.511. The number of likely N-dealkylation sites (tertiary alicyclic amines) is 3. The minimum absolute atomic E-state index is 0.0504. The number of ether oxygens (including phenoxy) is 2. The molecule has 5 atom stereocenters. The molecular weight excluding hydrogens is 610 g/mol. The van der Waals surface area contributed by atoms with Gasteiger partial charge >= 0.3 is 11.9 Å². The Balaban J connectivity index is 1.11. The van der Waals surface area contributed by atoms with Crippen LogP contribution >= 0.6 is 0 Å². The van der Waals surface area contributed by atoms with E-state index in [2.05, 4.69) is 10.6 Å². The molecule has 14 heteroatoms. The number of carbonyl (C=O) groups is 7. The van der Waals surface area contributed by atoms with Gasteiger partial charge in [-0.05, 0) is 46.0 Å². The number of carbonyl (C=O) groups excluding carboxylic acids is 7. The van der Waals surface area contributed by atoms with Crippen molar-refractivity contribution in [3.63, 3.8) is 0 Å². The van der Waals surface area contributed by atoms with Gasteiger partial charge in [-0.3, -0.25) is 33.6 Å². The fraction of sp³-hybridized carbons (Fsp3) is 0.788. The zero-order valence-electron chi connectivity index (χ0n) is 28.2. The van der Waals surface area contributed by atoms with Crippen molar-refractivity contribution in [3.05, 3.63) is 0 Å².